The minimum Gasteiger partial charge on any atom is -0.454 e. The number of H-pyrrole nitrogens is 1. The predicted molar refractivity (Wildman–Crippen MR) is 104 cm³/mol. The molecule has 8 nitrogen and oxygen atoms in total. The minimum absolute atomic E-state index is 0.00286. The van der Waals surface area contributed by atoms with Crippen LogP contribution >= 0.6 is 0 Å². The summed E-state index contributed by atoms with van der Waals surface area (Å²) >= 11 is 0. The fraction of sp³-hybridized carbons (Fsp3) is 0.368. The average Bonchev–Trinajstić information content (AvgIpc) is 3.39. The summed E-state index contributed by atoms with van der Waals surface area (Å²) in [5.74, 6) is -1.09. The summed E-state index contributed by atoms with van der Waals surface area (Å²) in [5, 5.41) is 0. The summed E-state index contributed by atoms with van der Waals surface area (Å²) in [6.07, 6.45) is 3.60. The standard InChI is InChI=1S/C19H23N3O5S/c1-21(2)28(25,26)14-7-8-17(22-10-3-4-11-22)15(12-14)19(24)27-13-18(23)16-6-5-9-20-16/h5-9,12,20H,3-4,10-11,13H2,1-2H3. The lowest BCUT2D eigenvalue weighted by atomic mass is 10.1. The number of hydrogen-bond donors (Lipinski definition) is 1. The van der Waals surface area contributed by atoms with E-state index in [1.807, 2.05) is 4.90 Å². The van der Waals surface area contributed by atoms with Crippen molar-refractivity contribution in [1.82, 2.24) is 9.29 Å². The number of ketones is 1. The molecule has 1 saturated heterocycles. The molecular formula is C19H23N3O5S. The first kappa shape index (κ1) is 20.1. The summed E-state index contributed by atoms with van der Waals surface area (Å²) < 4.78 is 31.2. The van der Waals surface area contributed by atoms with Crippen LogP contribution in [0.3, 0.4) is 0 Å². The molecule has 9 heteroatoms. The molecule has 0 bridgehead atoms. The number of benzene rings is 1. The zero-order valence-electron chi connectivity index (χ0n) is 15.8. The number of aromatic amines is 1. The van der Waals surface area contributed by atoms with Crippen molar-refractivity contribution in [2.45, 2.75) is 17.7 Å². The Balaban J connectivity index is 1.89. The topological polar surface area (TPSA) is 99.8 Å². The van der Waals surface area contributed by atoms with E-state index < -0.39 is 22.6 Å². The monoisotopic (exact) mass is 405 g/mol. The van der Waals surface area contributed by atoms with E-state index >= 15 is 0 Å². The van der Waals surface area contributed by atoms with Crippen LogP contribution in [0.1, 0.15) is 33.7 Å². The van der Waals surface area contributed by atoms with Gasteiger partial charge in [-0.1, -0.05) is 0 Å². The molecule has 2 aromatic rings. The Hall–Kier alpha value is -2.65. The number of nitrogens with zero attached hydrogens (tertiary/aromatic N) is 2. The molecule has 28 heavy (non-hydrogen) atoms. The quantitative estimate of drug-likeness (QED) is 0.558. The fourth-order valence-corrected chi connectivity index (χ4v) is 4.00. The highest BCUT2D eigenvalue weighted by molar-refractivity contribution is 7.89. The van der Waals surface area contributed by atoms with Gasteiger partial charge in [-0.3, -0.25) is 4.79 Å². The van der Waals surface area contributed by atoms with Crippen LogP contribution in [0, 0.1) is 0 Å². The number of aromatic nitrogens is 1. The largest absolute Gasteiger partial charge is 0.454 e. The van der Waals surface area contributed by atoms with E-state index in [0.717, 1.165) is 30.2 Å². The van der Waals surface area contributed by atoms with Crippen molar-refractivity contribution in [3.8, 4) is 0 Å². The van der Waals surface area contributed by atoms with Gasteiger partial charge in [-0.25, -0.2) is 17.5 Å². The molecule has 1 N–H and O–H groups in total. The number of carbonyl (C=O) groups excluding carboxylic acids is 2. The number of sulfonamides is 1. The third-order valence-electron chi connectivity index (χ3n) is 4.65. The van der Waals surface area contributed by atoms with Gasteiger partial charge in [0.05, 0.1) is 21.8 Å². The van der Waals surface area contributed by atoms with Crippen LogP contribution in [-0.4, -0.2) is 63.3 Å². The molecule has 1 aromatic carbocycles. The van der Waals surface area contributed by atoms with Crippen molar-refractivity contribution in [2.24, 2.45) is 0 Å². The number of carbonyl (C=O) groups is 2. The van der Waals surface area contributed by atoms with Gasteiger partial charge in [-0.05, 0) is 43.2 Å². The van der Waals surface area contributed by atoms with E-state index in [9.17, 15) is 18.0 Å². The van der Waals surface area contributed by atoms with Crippen molar-refractivity contribution in [3.05, 3.63) is 47.8 Å². The summed E-state index contributed by atoms with van der Waals surface area (Å²) in [7, 11) is -0.850. The van der Waals surface area contributed by atoms with Crippen molar-refractivity contribution >= 4 is 27.5 Å². The van der Waals surface area contributed by atoms with Crippen LogP contribution in [0.4, 0.5) is 5.69 Å². The molecule has 0 aliphatic carbocycles. The molecule has 1 aliphatic rings. The number of anilines is 1. The number of esters is 1. The first-order chi connectivity index (χ1) is 13.3. The van der Waals surface area contributed by atoms with Gasteiger partial charge in [0.2, 0.25) is 15.8 Å². The lowest BCUT2D eigenvalue weighted by molar-refractivity contribution is 0.0474. The molecule has 2 heterocycles. The number of rotatable bonds is 7. The molecule has 0 unspecified atom stereocenters. The van der Waals surface area contributed by atoms with E-state index in [1.54, 1.807) is 24.4 Å². The molecule has 1 aliphatic heterocycles. The Kier molecular flexibility index (Phi) is 5.85. The zero-order chi connectivity index (χ0) is 20.3. The Morgan fingerprint density at radius 1 is 1.18 bits per heavy atom. The molecule has 1 fully saturated rings. The van der Waals surface area contributed by atoms with E-state index in [2.05, 4.69) is 4.98 Å². The maximum Gasteiger partial charge on any atom is 0.340 e. The molecule has 1 aromatic heterocycles. The summed E-state index contributed by atoms with van der Waals surface area (Å²) in [6, 6.07) is 7.71. The molecule has 0 atom stereocenters. The van der Waals surface area contributed by atoms with Crippen molar-refractivity contribution in [2.75, 3.05) is 38.7 Å². The first-order valence-corrected chi connectivity index (χ1v) is 10.4. The van der Waals surface area contributed by atoms with Crippen molar-refractivity contribution in [3.63, 3.8) is 0 Å². The second-order valence-corrected chi connectivity index (χ2v) is 8.90. The number of Topliss-reactive ketones (excluding diaryl/α,β-unsaturated/α-hetero) is 1. The van der Waals surface area contributed by atoms with E-state index in [-0.39, 0.29) is 16.2 Å². The number of ether oxygens (including phenoxy) is 1. The third-order valence-corrected chi connectivity index (χ3v) is 6.46. The Morgan fingerprint density at radius 2 is 1.89 bits per heavy atom. The lowest BCUT2D eigenvalue weighted by Gasteiger charge is -2.22. The van der Waals surface area contributed by atoms with Crippen LogP contribution in [0.15, 0.2) is 41.4 Å². The molecule has 150 valence electrons. The predicted octanol–water partition coefficient (Wildman–Crippen LogP) is 1.90. The van der Waals surface area contributed by atoms with E-state index in [4.69, 9.17) is 4.74 Å². The second kappa shape index (κ2) is 8.15. The molecule has 0 saturated carbocycles. The van der Waals surface area contributed by atoms with Gasteiger partial charge in [0, 0.05) is 33.4 Å². The summed E-state index contributed by atoms with van der Waals surface area (Å²) in [6.45, 7) is 1.13. The smallest absolute Gasteiger partial charge is 0.340 e. The second-order valence-electron chi connectivity index (χ2n) is 6.74. The van der Waals surface area contributed by atoms with Gasteiger partial charge in [-0.15, -0.1) is 0 Å². The highest BCUT2D eigenvalue weighted by atomic mass is 32.2. The van der Waals surface area contributed by atoms with Gasteiger partial charge in [-0.2, -0.15) is 0 Å². The van der Waals surface area contributed by atoms with Gasteiger partial charge in [0.25, 0.3) is 0 Å². The maximum absolute atomic E-state index is 12.7. The average molecular weight is 405 g/mol. The fourth-order valence-electron chi connectivity index (χ4n) is 3.07. The molecule has 0 spiro atoms. The molecular weight excluding hydrogens is 382 g/mol. The Labute approximate surface area is 164 Å². The van der Waals surface area contributed by atoms with E-state index in [0.29, 0.717) is 11.4 Å². The van der Waals surface area contributed by atoms with Gasteiger partial charge in [0.1, 0.15) is 0 Å². The van der Waals surface area contributed by atoms with Gasteiger partial charge < -0.3 is 14.6 Å². The summed E-state index contributed by atoms with van der Waals surface area (Å²) in [5.41, 5.74) is 1.10. The van der Waals surface area contributed by atoms with E-state index in [1.165, 1.54) is 26.2 Å². The molecule has 0 radical (unpaired) electrons. The van der Waals surface area contributed by atoms with Gasteiger partial charge >= 0.3 is 5.97 Å². The molecule has 0 amide bonds. The SMILES string of the molecule is CN(C)S(=O)(=O)c1ccc(N2CCCC2)c(C(=O)OCC(=O)c2ccc[nH]2)c1. The van der Waals surface area contributed by atoms with Gasteiger partial charge in [0.15, 0.2) is 6.61 Å². The van der Waals surface area contributed by atoms with Crippen molar-refractivity contribution in [1.29, 1.82) is 0 Å². The lowest BCUT2D eigenvalue weighted by Crippen LogP contribution is -2.25. The third kappa shape index (κ3) is 4.10. The van der Waals surface area contributed by atoms with Crippen LogP contribution in [0.2, 0.25) is 0 Å². The number of hydrogen-bond acceptors (Lipinski definition) is 6. The number of nitrogens with one attached hydrogen (secondary N) is 1. The van der Waals surface area contributed by atoms with Crippen LogP contribution in [0.5, 0.6) is 0 Å². The minimum atomic E-state index is -3.70. The highest BCUT2D eigenvalue weighted by Crippen LogP contribution is 2.28. The summed E-state index contributed by atoms with van der Waals surface area (Å²) in [4.78, 5) is 29.6. The molecule has 3 rings (SSSR count). The van der Waals surface area contributed by atoms with Crippen molar-refractivity contribution < 1.29 is 22.7 Å². The highest BCUT2D eigenvalue weighted by Gasteiger charge is 2.25. The normalized spacial score (nSPS) is 14.5. The first-order valence-electron chi connectivity index (χ1n) is 8.96. The Bertz CT molecular complexity index is 961. The maximum atomic E-state index is 12.7. The Morgan fingerprint density at radius 3 is 2.50 bits per heavy atom. The van der Waals surface area contributed by atoms with Crippen LogP contribution in [-0.2, 0) is 14.8 Å². The zero-order valence-corrected chi connectivity index (χ0v) is 16.7. The van der Waals surface area contributed by atoms with Crippen LogP contribution in [0.25, 0.3) is 0 Å². The van der Waals surface area contributed by atoms with Crippen LogP contribution < -0.4 is 4.90 Å².